The van der Waals surface area contributed by atoms with Crippen LogP contribution in [0.25, 0.3) is 0 Å². The Labute approximate surface area is 114 Å². The number of methoxy groups -OCH3 is 1. The maximum Gasteiger partial charge on any atom is 0.411 e. The molecule has 1 atom stereocenters. The van der Waals surface area contributed by atoms with E-state index in [0.29, 0.717) is 10.8 Å². The Hall–Kier alpha value is -0.980. The summed E-state index contributed by atoms with van der Waals surface area (Å²) >= 11 is 5.86. The maximum absolute atomic E-state index is 11.9. The van der Waals surface area contributed by atoms with E-state index in [4.69, 9.17) is 22.1 Å². The summed E-state index contributed by atoms with van der Waals surface area (Å²) in [6.07, 6.45) is -4.03. The fourth-order valence-electron chi connectivity index (χ4n) is 1.47. The lowest BCUT2D eigenvalue weighted by atomic mass is 10.0. The van der Waals surface area contributed by atoms with E-state index in [1.165, 1.54) is 7.11 Å². The topological polar surface area (TPSA) is 44.5 Å². The van der Waals surface area contributed by atoms with E-state index in [1.54, 1.807) is 18.2 Å². The third-order valence-electron chi connectivity index (χ3n) is 2.44. The highest BCUT2D eigenvalue weighted by atomic mass is 35.5. The molecule has 1 aromatic rings. The van der Waals surface area contributed by atoms with Gasteiger partial charge in [0.2, 0.25) is 0 Å². The lowest BCUT2D eigenvalue weighted by Gasteiger charge is -2.14. The number of nitrogens with two attached hydrogens (primary N) is 1. The van der Waals surface area contributed by atoms with Gasteiger partial charge in [-0.1, -0.05) is 17.7 Å². The van der Waals surface area contributed by atoms with Gasteiger partial charge < -0.3 is 15.2 Å². The van der Waals surface area contributed by atoms with Gasteiger partial charge in [-0.2, -0.15) is 13.2 Å². The molecule has 0 bridgehead atoms. The van der Waals surface area contributed by atoms with Gasteiger partial charge >= 0.3 is 6.18 Å². The van der Waals surface area contributed by atoms with Crippen LogP contribution in [0, 0.1) is 0 Å². The predicted molar refractivity (Wildman–Crippen MR) is 66.4 cm³/mol. The molecule has 0 fully saturated rings. The largest absolute Gasteiger partial charge is 0.495 e. The fourth-order valence-corrected chi connectivity index (χ4v) is 1.67. The number of alkyl halides is 3. The van der Waals surface area contributed by atoms with Gasteiger partial charge in [0.1, 0.15) is 12.4 Å². The molecule has 0 spiro atoms. The Balaban J connectivity index is 2.47. The van der Waals surface area contributed by atoms with Crippen LogP contribution in [0.1, 0.15) is 18.0 Å². The molecule has 19 heavy (non-hydrogen) atoms. The van der Waals surface area contributed by atoms with Crippen molar-refractivity contribution in [1.29, 1.82) is 0 Å². The summed E-state index contributed by atoms with van der Waals surface area (Å²) < 4.78 is 45.1. The summed E-state index contributed by atoms with van der Waals surface area (Å²) in [6.45, 7) is -1.32. The highest BCUT2D eigenvalue weighted by Crippen LogP contribution is 2.28. The van der Waals surface area contributed by atoms with Crippen LogP contribution in [0.5, 0.6) is 5.75 Å². The first-order chi connectivity index (χ1) is 8.83. The molecule has 0 saturated heterocycles. The van der Waals surface area contributed by atoms with E-state index < -0.39 is 18.8 Å². The Morgan fingerprint density at radius 1 is 1.37 bits per heavy atom. The first-order valence-corrected chi connectivity index (χ1v) is 5.95. The van der Waals surface area contributed by atoms with Crippen molar-refractivity contribution < 1.29 is 22.6 Å². The van der Waals surface area contributed by atoms with Gasteiger partial charge in [0.25, 0.3) is 0 Å². The lowest BCUT2D eigenvalue weighted by molar-refractivity contribution is -0.174. The van der Waals surface area contributed by atoms with E-state index >= 15 is 0 Å². The van der Waals surface area contributed by atoms with Crippen molar-refractivity contribution in [2.75, 3.05) is 20.3 Å². The van der Waals surface area contributed by atoms with Crippen LogP contribution in [0.4, 0.5) is 13.2 Å². The summed E-state index contributed by atoms with van der Waals surface area (Å²) in [4.78, 5) is 0. The smallest absolute Gasteiger partial charge is 0.411 e. The van der Waals surface area contributed by atoms with Gasteiger partial charge in [-0.3, -0.25) is 0 Å². The Morgan fingerprint density at radius 2 is 2.05 bits per heavy atom. The van der Waals surface area contributed by atoms with Gasteiger partial charge in [0.05, 0.1) is 12.1 Å². The third kappa shape index (κ3) is 5.67. The highest BCUT2D eigenvalue weighted by molar-refractivity contribution is 6.32. The standard InChI is InChI=1S/C12H15ClF3NO2/c1-18-11-6-8(2-3-9(11)13)10(17)4-5-19-7-12(14,15)16/h2-3,6,10H,4-5,7,17H2,1H3. The Bertz CT molecular complexity index is 412. The van der Waals surface area contributed by atoms with E-state index in [9.17, 15) is 13.2 Å². The number of rotatable bonds is 6. The number of halogens is 4. The second-order valence-electron chi connectivity index (χ2n) is 3.96. The molecule has 1 aromatic carbocycles. The molecule has 0 heterocycles. The van der Waals surface area contributed by atoms with Gasteiger partial charge in [0.15, 0.2) is 0 Å². The second kappa shape index (κ2) is 6.98. The minimum absolute atomic E-state index is 0.0639. The number of hydrogen-bond donors (Lipinski definition) is 1. The molecule has 7 heteroatoms. The molecule has 2 N–H and O–H groups in total. The fraction of sp³-hybridized carbons (Fsp3) is 0.500. The van der Waals surface area contributed by atoms with Crippen LogP contribution >= 0.6 is 11.6 Å². The van der Waals surface area contributed by atoms with E-state index in [0.717, 1.165) is 5.56 Å². The van der Waals surface area contributed by atoms with Crippen LogP contribution in [0.3, 0.4) is 0 Å². The average molecular weight is 298 g/mol. The summed E-state index contributed by atoms with van der Waals surface area (Å²) in [6, 6.07) is 4.57. The molecule has 0 amide bonds. The average Bonchev–Trinajstić information content (AvgIpc) is 2.33. The molecule has 0 aliphatic rings. The summed E-state index contributed by atoms with van der Waals surface area (Å²) in [5.41, 5.74) is 6.59. The van der Waals surface area contributed by atoms with Crippen molar-refractivity contribution in [3.8, 4) is 5.75 Å². The quantitative estimate of drug-likeness (QED) is 0.819. The molecule has 0 aliphatic heterocycles. The van der Waals surface area contributed by atoms with Crippen molar-refractivity contribution in [2.24, 2.45) is 5.73 Å². The second-order valence-corrected chi connectivity index (χ2v) is 4.36. The molecule has 0 aromatic heterocycles. The Morgan fingerprint density at radius 3 is 2.63 bits per heavy atom. The normalized spacial score (nSPS) is 13.4. The SMILES string of the molecule is COc1cc(C(N)CCOCC(F)(F)F)ccc1Cl. The van der Waals surface area contributed by atoms with Crippen molar-refractivity contribution in [2.45, 2.75) is 18.6 Å². The zero-order valence-electron chi connectivity index (χ0n) is 10.3. The maximum atomic E-state index is 11.9. The predicted octanol–water partition coefficient (Wildman–Crippen LogP) is 3.32. The van der Waals surface area contributed by atoms with Gasteiger partial charge in [-0.25, -0.2) is 0 Å². The summed E-state index contributed by atoms with van der Waals surface area (Å²) in [7, 11) is 1.48. The lowest BCUT2D eigenvalue weighted by Crippen LogP contribution is -2.19. The van der Waals surface area contributed by atoms with Gasteiger partial charge in [-0.15, -0.1) is 0 Å². The van der Waals surface area contributed by atoms with Crippen molar-refractivity contribution in [3.63, 3.8) is 0 Å². The first kappa shape index (κ1) is 16.1. The van der Waals surface area contributed by atoms with Crippen LogP contribution in [-0.4, -0.2) is 26.5 Å². The summed E-state index contributed by atoms with van der Waals surface area (Å²) in [5, 5.41) is 0.451. The molecular formula is C12H15ClF3NO2. The molecule has 0 radical (unpaired) electrons. The van der Waals surface area contributed by atoms with E-state index in [2.05, 4.69) is 4.74 Å². The molecule has 0 saturated carbocycles. The van der Waals surface area contributed by atoms with Gasteiger partial charge in [0, 0.05) is 12.6 Å². The highest BCUT2D eigenvalue weighted by Gasteiger charge is 2.27. The summed E-state index contributed by atoms with van der Waals surface area (Å²) in [5.74, 6) is 0.478. The molecule has 108 valence electrons. The first-order valence-electron chi connectivity index (χ1n) is 5.57. The van der Waals surface area contributed by atoms with Gasteiger partial charge in [-0.05, 0) is 24.1 Å². The van der Waals surface area contributed by atoms with Crippen LogP contribution in [0.2, 0.25) is 5.02 Å². The van der Waals surface area contributed by atoms with Crippen molar-refractivity contribution in [1.82, 2.24) is 0 Å². The Kier molecular flexibility index (Phi) is 5.90. The number of benzene rings is 1. The van der Waals surface area contributed by atoms with Crippen LogP contribution in [0.15, 0.2) is 18.2 Å². The number of hydrogen-bond acceptors (Lipinski definition) is 3. The van der Waals surface area contributed by atoms with Crippen molar-refractivity contribution >= 4 is 11.6 Å². The number of ether oxygens (including phenoxy) is 2. The van der Waals surface area contributed by atoms with Crippen molar-refractivity contribution in [3.05, 3.63) is 28.8 Å². The zero-order chi connectivity index (χ0) is 14.5. The zero-order valence-corrected chi connectivity index (χ0v) is 11.1. The minimum atomic E-state index is -4.31. The third-order valence-corrected chi connectivity index (χ3v) is 2.75. The molecular weight excluding hydrogens is 283 g/mol. The van der Waals surface area contributed by atoms with E-state index in [-0.39, 0.29) is 13.0 Å². The molecule has 0 aliphatic carbocycles. The molecule has 1 unspecified atom stereocenters. The minimum Gasteiger partial charge on any atom is -0.495 e. The molecule has 3 nitrogen and oxygen atoms in total. The van der Waals surface area contributed by atoms with Crippen LogP contribution < -0.4 is 10.5 Å². The monoisotopic (exact) mass is 297 g/mol. The molecule has 1 rings (SSSR count). The van der Waals surface area contributed by atoms with Crippen LogP contribution in [-0.2, 0) is 4.74 Å². The van der Waals surface area contributed by atoms with E-state index in [1.807, 2.05) is 0 Å².